The van der Waals surface area contributed by atoms with Gasteiger partial charge in [0.15, 0.2) is 0 Å². The van der Waals surface area contributed by atoms with Crippen LogP contribution in [0.3, 0.4) is 0 Å². The van der Waals surface area contributed by atoms with E-state index in [1.807, 2.05) is 18.3 Å². The predicted octanol–water partition coefficient (Wildman–Crippen LogP) is 2.26. The van der Waals surface area contributed by atoms with Crippen LogP contribution in [0.5, 0.6) is 0 Å². The molecule has 1 aliphatic rings. The number of hydrogen-bond donors (Lipinski definition) is 0. The first kappa shape index (κ1) is 12.1. The van der Waals surface area contributed by atoms with Gasteiger partial charge in [0, 0.05) is 19.3 Å². The molecule has 0 unspecified atom stereocenters. The maximum atomic E-state index is 4.47. The van der Waals surface area contributed by atoms with Gasteiger partial charge in [-0.3, -0.25) is 0 Å². The van der Waals surface area contributed by atoms with Crippen molar-refractivity contribution in [1.82, 2.24) is 9.88 Å². The third kappa shape index (κ3) is 3.30. The van der Waals surface area contributed by atoms with Gasteiger partial charge in [-0.25, -0.2) is 4.98 Å². The fraction of sp³-hybridized carbons (Fsp3) is 0.500. The van der Waals surface area contributed by atoms with Gasteiger partial charge in [0.1, 0.15) is 5.82 Å². The first-order valence-corrected chi connectivity index (χ1v) is 6.31. The second-order valence-corrected chi connectivity index (χ2v) is 4.65. The van der Waals surface area contributed by atoms with E-state index in [2.05, 4.69) is 34.5 Å². The lowest BCUT2D eigenvalue weighted by Gasteiger charge is -2.29. The van der Waals surface area contributed by atoms with Crippen LogP contribution in [-0.4, -0.2) is 43.1 Å². The van der Waals surface area contributed by atoms with E-state index in [4.69, 9.17) is 0 Å². The van der Waals surface area contributed by atoms with Crippen LogP contribution in [0.4, 0.5) is 5.82 Å². The van der Waals surface area contributed by atoms with Gasteiger partial charge >= 0.3 is 0 Å². The fourth-order valence-corrected chi connectivity index (χ4v) is 2.25. The molecular formula is C14H21N3. The number of aromatic nitrogens is 1. The maximum absolute atomic E-state index is 4.47. The summed E-state index contributed by atoms with van der Waals surface area (Å²) in [6.07, 6.45) is 6.16. The molecule has 0 bridgehead atoms. The number of pyridine rings is 1. The van der Waals surface area contributed by atoms with Gasteiger partial charge in [0.25, 0.3) is 0 Å². The second-order valence-electron chi connectivity index (χ2n) is 4.65. The van der Waals surface area contributed by atoms with Crippen molar-refractivity contribution in [1.29, 1.82) is 0 Å². The summed E-state index contributed by atoms with van der Waals surface area (Å²) in [5.41, 5.74) is 1.15. The van der Waals surface area contributed by atoms with Crippen molar-refractivity contribution >= 4 is 11.9 Å². The van der Waals surface area contributed by atoms with Crippen LogP contribution in [0.15, 0.2) is 24.9 Å². The predicted molar refractivity (Wildman–Crippen MR) is 73.3 cm³/mol. The average molecular weight is 231 g/mol. The minimum Gasteiger partial charge on any atom is -0.357 e. The summed E-state index contributed by atoms with van der Waals surface area (Å²) in [5, 5.41) is 0. The Morgan fingerprint density at radius 1 is 1.24 bits per heavy atom. The summed E-state index contributed by atoms with van der Waals surface area (Å²) < 4.78 is 0. The molecule has 2 heterocycles. The Morgan fingerprint density at radius 2 is 1.94 bits per heavy atom. The molecule has 0 atom stereocenters. The average Bonchev–Trinajstić information content (AvgIpc) is 2.34. The molecule has 0 aromatic carbocycles. The molecular weight excluding hydrogens is 210 g/mol. The highest BCUT2D eigenvalue weighted by molar-refractivity contribution is 5.53. The molecule has 3 nitrogen and oxygen atoms in total. The Labute approximate surface area is 104 Å². The Morgan fingerprint density at radius 3 is 2.59 bits per heavy atom. The van der Waals surface area contributed by atoms with E-state index >= 15 is 0 Å². The number of rotatable bonds is 2. The molecule has 0 aliphatic carbocycles. The summed E-state index contributed by atoms with van der Waals surface area (Å²) in [6, 6.07) is 4.12. The molecule has 1 aromatic rings. The third-order valence-corrected chi connectivity index (χ3v) is 3.26. The zero-order valence-electron chi connectivity index (χ0n) is 10.6. The Hall–Kier alpha value is -1.35. The van der Waals surface area contributed by atoms with Crippen LogP contribution in [0.25, 0.3) is 6.08 Å². The number of anilines is 1. The van der Waals surface area contributed by atoms with Crippen molar-refractivity contribution in [3.05, 3.63) is 30.5 Å². The van der Waals surface area contributed by atoms with Gasteiger partial charge in [-0.2, -0.15) is 0 Å². The van der Waals surface area contributed by atoms with Crippen molar-refractivity contribution < 1.29 is 0 Å². The molecule has 0 spiro atoms. The van der Waals surface area contributed by atoms with Crippen LogP contribution in [0.2, 0.25) is 0 Å². The molecule has 0 amide bonds. The fourth-order valence-electron chi connectivity index (χ4n) is 2.25. The van der Waals surface area contributed by atoms with Crippen LogP contribution in [0.1, 0.15) is 18.4 Å². The molecule has 2 rings (SSSR count). The highest BCUT2D eigenvalue weighted by Crippen LogP contribution is 2.15. The molecule has 1 fully saturated rings. The summed E-state index contributed by atoms with van der Waals surface area (Å²) in [4.78, 5) is 9.26. The molecule has 92 valence electrons. The first-order chi connectivity index (χ1) is 8.29. The normalized spacial score (nSPS) is 18.5. The smallest absolute Gasteiger partial charge is 0.129 e. The van der Waals surface area contributed by atoms with Crippen molar-refractivity contribution in [2.75, 3.05) is 38.1 Å². The van der Waals surface area contributed by atoms with Crippen molar-refractivity contribution in [2.45, 2.75) is 12.8 Å². The van der Waals surface area contributed by atoms with Gasteiger partial charge in [-0.1, -0.05) is 12.7 Å². The van der Waals surface area contributed by atoms with Gasteiger partial charge in [0.2, 0.25) is 0 Å². The topological polar surface area (TPSA) is 19.4 Å². The quantitative estimate of drug-likeness (QED) is 0.778. The summed E-state index contributed by atoms with van der Waals surface area (Å²) in [7, 11) is 2.20. The summed E-state index contributed by atoms with van der Waals surface area (Å²) in [6.45, 7) is 8.35. The van der Waals surface area contributed by atoms with Crippen molar-refractivity contribution in [2.24, 2.45) is 0 Å². The van der Waals surface area contributed by atoms with E-state index in [1.54, 1.807) is 0 Å². The van der Waals surface area contributed by atoms with Crippen LogP contribution in [0, 0.1) is 0 Å². The standard InChI is InChI=1S/C14H21N3/c1-3-13-6-7-15-14(12-13)17-10-4-8-16(2)9-5-11-17/h3,6-7,12H,1,4-5,8-11H2,2H3. The van der Waals surface area contributed by atoms with E-state index in [1.165, 1.54) is 25.9 Å². The Kier molecular flexibility index (Phi) is 4.15. The lowest BCUT2D eigenvalue weighted by molar-refractivity contribution is 0.313. The SMILES string of the molecule is C=Cc1ccnc(N2CCCN(C)CCC2)c1. The van der Waals surface area contributed by atoms with E-state index in [0.717, 1.165) is 24.5 Å². The number of hydrogen-bond acceptors (Lipinski definition) is 3. The number of nitrogens with zero attached hydrogens (tertiary/aromatic N) is 3. The van der Waals surface area contributed by atoms with Gasteiger partial charge in [-0.15, -0.1) is 0 Å². The van der Waals surface area contributed by atoms with E-state index in [9.17, 15) is 0 Å². The molecule has 17 heavy (non-hydrogen) atoms. The van der Waals surface area contributed by atoms with Gasteiger partial charge in [-0.05, 0) is 50.7 Å². The Bertz CT molecular complexity index is 365. The highest BCUT2D eigenvalue weighted by Gasteiger charge is 2.11. The first-order valence-electron chi connectivity index (χ1n) is 6.31. The zero-order chi connectivity index (χ0) is 12.1. The monoisotopic (exact) mass is 231 g/mol. The van der Waals surface area contributed by atoms with Crippen LogP contribution >= 0.6 is 0 Å². The molecule has 0 radical (unpaired) electrons. The van der Waals surface area contributed by atoms with Crippen LogP contribution < -0.4 is 4.90 Å². The highest BCUT2D eigenvalue weighted by atomic mass is 15.2. The largest absolute Gasteiger partial charge is 0.357 e. The molecule has 0 N–H and O–H groups in total. The Balaban J connectivity index is 2.06. The van der Waals surface area contributed by atoms with E-state index in [0.29, 0.717) is 0 Å². The summed E-state index contributed by atoms with van der Waals surface area (Å²) >= 11 is 0. The molecule has 1 saturated heterocycles. The zero-order valence-corrected chi connectivity index (χ0v) is 10.6. The minimum atomic E-state index is 1.09. The summed E-state index contributed by atoms with van der Waals surface area (Å²) in [5.74, 6) is 1.09. The van der Waals surface area contributed by atoms with Gasteiger partial charge in [0.05, 0.1) is 0 Å². The van der Waals surface area contributed by atoms with E-state index in [-0.39, 0.29) is 0 Å². The lowest BCUT2D eigenvalue weighted by atomic mass is 10.2. The van der Waals surface area contributed by atoms with Crippen LogP contribution in [-0.2, 0) is 0 Å². The molecule has 0 saturated carbocycles. The minimum absolute atomic E-state index is 1.09. The van der Waals surface area contributed by atoms with Gasteiger partial charge < -0.3 is 9.80 Å². The van der Waals surface area contributed by atoms with E-state index < -0.39 is 0 Å². The maximum Gasteiger partial charge on any atom is 0.129 e. The molecule has 1 aliphatic heterocycles. The van der Waals surface area contributed by atoms with Crippen molar-refractivity contribution in [3.8, 4) is 0 Å². The van der Waals surface area contributed by atoms with Crippen molar-refractivity contribution in [3.63, 3.8) is 0 Å². The second kappa shape index (κ2) is 5.82. The molecule has 1 aromatic heterocycles. The lowest BCUT2D eigenvalue weighted by Crippen LogP contribution is -2.35. The third-order valence-electron chi connectivity index (χ3n) is 3.26. The molecule has 3 heteroatoms.